The van der Waals surface area contributed by atoms with Gasteiger partial charge in [0.15, 0.2) is 0 Å². The van der Waals surface area contributed by atoms with Gasteiger partial charge in [0.2, 0.25) is 0 Å². The maximum atomic E-state index is 13.0. The lowest BCUT2D eigenvalue weighted by Crippen LogP contribution is -2.40. The molecule has 0 bridgehead atoms. The Labute approximate surface area is 158 Å². The maximum Gasteiger partial charge on any atom is 0.253 e. The van der Waals surface area contributed by atoms with Crippen molar-refractivity contribution in [2.45, 2.75) is 51.6 Å². The second-order valence-electron chi connectivity index (χ2n) is 8.36. The average molecular weight is 359 g/mol. The Morgan fingerprint density at radius 3 is 2.54 bits per heavy atom. The summed E-state index contributed by atoms with van der Waals surface area (Å²) >= 11 is 0. The molecule has 1 aliphatic carbocycles. The van der Waals surface area contributed by atoms with Gasteiger partial charge in [0, 0.05) is 25.2 Å². The quantitative estimate of drug-likeness (QED) is 0.820. The van der Waals surface area contributed by atoms with Gasteiger partial charge in [-0.3, -0.25) is 4.79 Å². The summed E-state index contributed by atoms with van der Waals surface area (Å²) in [6.07, 6.45) is 5.61. The van der Waals surface area contributed by atoms with E-state index in [1.165, 1.54) is 6.42 Å². The van der Waals surface area contributed by atoms with Crippen LogP contribution in [0.15, 0.2) is 30.3 Å². The van der Waals surface area contributed by atoms with Crippen molar-refractivity contribution >= 4 is 5.91 Å². The first-order chi connectivity index (χ1) is 12.6. The molecule has 4 nitrogen and oxygen atoms in total. The smallest absolute Gasteiger partial charge is 0.253 e. The zero-order chi connectivity index (χ0) is 18.4. The third kappa shape index (κ3) is 5.55. The lowest BCUT2D eigenvalue weighted by atomic mass is 10.1. The molecule has 1 spiro atoms. The third-order valence-corrected chi connectivity index (χ3v) is 5.59. The van der Waals surface area contributed by atoms with Crippen molar-refractivity contribution in [3.8, 4) is 0 Å². The van der Waals surface area contributed by atoms with Crippen LogP contribution >= 0.6 is 0 Å². The van der Waals surface area contributed by atoms with E-state index in [1.807, 2.05) is 35.2 Å². The molecule has 26 heavy (non-hydrogen) atoms. The summed E-state index contributed by atoms with van der Waals surface area (Å²) in [7, 11) is 0. The Morgan fingerprint density at radius 1 is 1.12 bits per heavy atom. The van der Waals surface area contributed by atoms with Gasteiger partial charge in [-0.05, 0) is 63.2 Å². The molecule has 1 saturated heterocycles. The lowest BCUT2D eigenvalue weighted by molar-refractivity contribution is 0.000359. The molecule has 1 heterocycles. The van der Waals surface area contributed by atoms with Gasteiger partial charge in [0.05, 0.1) is 12.2 Å². The Morgan fingerprint density at radius 2 is 1.85 bits per heavy atom. The largest absolute Gasteiger partial charge is 0.372 e. The molecule has 1 aromatic carbocycles. The summed E-state index contributed by atoms with van der Waals surface area (Å²) in [6.45, 7) is 10.2. The summed E-state index contributed by atoms with van der Waals surface area (Å²) in [5.74, 6) is 0.888. The summed E-state index contributed by atoms with van der Waals surface area (Å²) in [5, 5.41) is 0. The predicted octanol–water partition coefficient (Wildman–Crippen LogP) is 3.82. The van der Waals surface area contributed by atoms with E-state index >= 15 is 0 Å². The molecule has 0 N–H and O–H groups in total. The summed E-state index contributed by atoms with van der Waals surface area (Å²) in [5.41, 5.74) is 0.704. The van der Waals surface area contributed by atoms with E-state index in [9.17, 15) is 4.79 Å². The van der Waals surface area contributed by atoms with E-state index in [1.54, 1.807) is 0 Å². The molecule has 2 aliphatic rings. The summed E-state index contributed by atoms with van der Waals surface area (Å²) in [4.78, 5) is 17.5. The molecule has 1 aliphatic heterocycles. The predicted molar refractivity (Wildman–Crippen MR) is 105 cm³/mol. The van der Waals surface area contributed by atoms with Gasteiger partial charge in [-0.25, -0.2) is 0 Å². The number of benzene rings is 1. The first-order valence-corrected chi connectivity index (χ1v) is 10.3. The number of ether oxygens (including phenoxy) is 1. The van der Waals surface area contributed by atoms with E-state index in [4.69, 9.17) is 4.74 Å². The molecule has 0 radical (unpaired) electrons. The van der Waals surface area contributed by atoms with Crippen LogP contribution in [0.3, 0.4) is 0 Å². The van der Waals surface area contributed by atoms with Crippen molar-refractivity contribution < 1.29 is 9.53 Å². The van der Waals surface area contributed by atoms with Crippen LogP contribution in [0.25, 0.3) is 0 Å². The molecule has 3 rings (SSSR count). The molecular formula is C22H34N2O2. The third-order valence-electron chi connectivity index (χ3n) is 5.59. The fourth-order valence-electron chi connectivity index (χ4n) is 3.66. The lowest BCUT2D eigenvalue weighted by Gasteiger charge is -2.28. The Bertz CT molecular complexity index is 569. The highest BCUT2D eigenvalue weighted by Crippen LogP contribution is 2.40. The molecule has 144 valence electrons. The Balaban J connectivity index is 1.63. The Hall–Kier alpha value is -1.39. The second-order valence-corrected chi connectivity index (χ2v) is 8.36. The van der Waals surface area contributed by atoms with Crippen LogP contribution in [0.1, 0.15) is 56.3 Å². The van der Waals surface area contributed by atoms with E-state index in [2.05, 4.69) is 18.7 Å². The second kappa shape index (κ2) is 9.01. The minimum absolute atomic E-state index is 0.0848. The molecule has 4 heteroatoms. The van der Waals surface area contributed by atoms with Crippen molar-refractivity contribution in [3.63, 3.8) is 0 Å². The molecule has 0 atom stereocenters. The van der Waals surface area contributed by atoms with Gasteiger partial charge in [0.1, 0.15) is 0 Å². The standard InChI is InChI=1S/C22H34N2O2/c1-19(2)10-15-23-13-6-7-14-24(18-22(11-12-22)26-17-16-23)21(25)20-8-4-3-5-9-20/h3-5,8-9,19H,6-7,10-18H2,1-2H3. The normalized spacial score (nSPS) is 21.6. The Kier molecular flexibility index (Phi) is 6.71. The van der Waals surface area contributed by atoms with Crippen LogP contribution < -0.4 is 0 Å². The van der Waals surface area contributed by atoms with Crippen molar-refractivity contribution in [2.24, 2.45) is 5.92 Å². The van der Waals surface area contributed by atoms with Crippen LogP contribution in [0.5, 0.6) is 0 Å². The average Bonchev–Trinajstić information content (AvgIpc) is 3.41. The summed E-state index contributed by atoms with van der Waals surface area (Å²) < 4.78 is 6.29. The van der Waals surface area contributed by atoms with Crippen LogP contribution in [0, 0.1) is 5.92 Å². The highest BCUT2D eigenvalue weighted by Gasteiger charge is 2.46. The maximum absolute atomic E-state index is 13.0. The fourth-order valence-corrected chi connectivity index (χ4v) is 3.66. The monoisotopic (exact) mass is 358 g/mol. The number of hydrogen-bond donors (Lipinski definition) is 0. The van der Waals surface area contributed by atoms with Gasteiger partial charge in [-0.1, -0.05) is 32.0 Å². The van der Waals surface area contributed by atoms with Crippen LogP contribution in [-0.2, 0) is 4.74 Å². The van der Waals surface area contributed by atoms with E-state index in [-0.39, 0.29) is 11.5 Å². The molecule has 1 aromatic rings. The van der Waals surface area contributed by atoms with Gasteiger partial charge >= 0.3 is 0 Å². The van der Waals surface area contributed by atoms with Gasteiger partial charge < -0.3 is 14.5 Å². The zero-order valence-corrected chi connectivity index (χ0v) is 16.5. The van der Waals surface area contributed by atoms with Gasteiger partial charge in [-0.15, -0.1) is 0 Å². The summed E-state index contributed by atoms with van der Waals surface area (Å²) in [6, 6.07) is 9.68. The number of nitrogens with zero attached hydrogens (tertiary/aromatic N) is 2. The van der Waals surface area contributed by atoms with Crippen molar-refractivity contribution in [1.29, 1.82) is 0 Å². The van der Waals surface area contributed by atoms with Crippen LogP contribution in [0.2, 0.25) is 0 Å². The highest BCUT2D eigenvalue weighted by atomic mass is 16.5. The molecular weight excluding hydrogens is 324 g/mol. The molecule has 2 fully saturated rings. The molecule has 0 aromatic heterocycles. The first-order valence-electron chi connectivity index (χ1n) is 10.3. The number of carbonyl (C=O) groups excluding carboxylic acids is 1. The molecule has 1 saturated carbocycles. The molecule has 1 amide bonds. The van der Waals surface area contributed by atoms with Crippen LogP contribution in [0.4, 0.5) is 0 Å². The highest BCUT2D eigenvalue weighted by molar-refractivity contribution is 5.94. The van der Waals surface area contributed by atoms with Crippen LogP contribution in [-0.4, -0.2) is 60.6 Å². The van der Waals surface area contributed by atoms with E-state index < -0.39 is 0 Å². The number of amides is 1. The first kappa shape index (κ1) is 19.4. The zero-order valence-electron chi connectivity index (χ0n) is 16.5. The van der Waals surface area contributed by atoms with Gasteiger partial charge in [0.25, 0.3) is 5.91 Å². The van der Waals surface area contributed by atoms with E-state index in [0.717, 1.165) is 76.5 Å². The van der Waals surface area contributed by atoms with Crippen molar-refractivity contribution in [3.05, 3.63) is 35.9 Å². The minimum atomic E-state index is -0.0848. The fraction of sp³-hybridized carbons (Fsp3) is 0.682. The molecule has 0 unspecified atom stereocenters. The van der Waals surface area contributed by atoms with Gasteiger partial charge in [-0.2, -0.15) is 0 Å². The SMILES string of the molecule is CC(C)CCN1CCCCN(C(=O)c2ccccc2)CC2(CC2)OCC1. The van der Waals surface area contributed by atoms with E-state index in [0.29, 0.717) is 0 Å². The topological polar surface area (TPSA) is 32.8 Å². The number of hydrogen-bond acceptors (Lipinski definition) is 3. The number of carbonyl (C=O) groups is 1. The van der Waals surface area contributed by atoms with Crippen molar-refractivity contribution in [2.75, 3.05) is 39.3 Å². The van der Waals surface area contributed by atoms with Crippen molar-refractivity contribution in [1.82, 2.24) is 9.80 Å². The minimum Gasteiger partial charge on any atom is -0.372 e. The number of rotatable bonds is 4.